The smallest absolute Gasteiger partial charge is 0.240 e. The molecular formula is C10H17N3O2. The van der Waals surface area contributed by atoms with Gasteiger partial charge in [0.15, 0.2) is 0 Å². The van der Waals surface area contributed by atoms with Crippen molar-refractivity contribution in [3.63, 3.8) is 0 Å². The van der Waals surface area contributed by atoms with Crippen LogP contribution in [-0.2, 0) is 11.3 Å². The highest BCUT2D eigenvalue weighted by Gasteiger charge is 2.22. The Morgan fingerprint density at radius 3 is 3.00 bits per heavy atom. The zero-order chi connectivity index (χ0) is 10.7. The van der Waals surface area contributed by atoms with Gasteiger partial charge in [-0.25, -0.2) is 0 Å². The van der Waals surface area contributed by atoms with E-state index >= 15 is 0 Å². The lowest BCUT2D eigenvalue weighted by atomic mass is 10.3. The predicted molar refractivity (Wildman–Crippen MR) is 54.2 cm³/mol. The first-order valence-corrected chi connectivity index (χ1v) is 5.42. The monoisotopic (exact) mass is 211 g/mol. The van der Waals surface area contributed by atoms with Crippen LogP contribution in [0.3, 0.4) is 0 Å². The molecule has 0 amide bonds. The maximum absolute atomic E-state index is 5.23. The van der Waals surface area contributed by atoms with Crippen molar-refractivity contribution in [1.29, 1.82) is 0 Å². The van der Waals surface area contributed by atoms with E-state index in [-0.39, 0.29) is 6.10 Å². The van der Waals surface area contributed by atoms with Gasteiger partial charge in [-0.2, -0.15) is 4.98 Å². The van der Waals surface area contributed by atoms with Gasteiger partial charge in [-0.05, 0) is 19.3 Å². The van der Waals surface area contributed by atoms with Crippen LogP contribution in [0.25, 0.3) is 0 Å². The molecule has 84 valence electrons. The minimum Gasteiger partial charge on any atom is -0.373 e. The average molecular weight is 211 g/mol. The molecule has 0 bridgehead atoms. The lowest BCUT2D eigenvalue weighted by Gasteiger charge is -2.06. The third kappa shape index (κ3) is 2.76. The van der Waals surface area contributed by atoms with Gasteiger partial charge in [0.25, 0.3) is 0 Å². The Morgan fingerprint density at radius 2 is 2.40 bits per heavy atom. The number of hydrogen-bond acceptors (Lipinski definition) is 5. The van der Waals surface area contributed by atoms with Gasteiger partial charge in [-0.1, -0.05) is 12.1 Å². The fourth-order valence-corrected chi connectivity index (χ4v) is 1.44. The Morgan fingerprint density at radius 1 is 1.60 bits per heavy atom. The highest BCUT2D eigenvalue weighted by molar-refractivity contribution is 4.92. The van der Waals surface area contributed by atoms with Gasteiger partial charge in [0.2, 0.25) is 11.7 Å². The Kier molecular flexibility index (Phi) is 3.33. The number of nitrogens with one attached hydrogen (secondary N) is 1. The van der Waals surface area contributed by atoms with Crippen molar-refractivity contribution in [2.24, 2.45) is 0 Å². The Hall–Kier alpha value is -0.940. The molecule has 1 N–H and O–H groups in total. The third-order valence-corrected chi connectivity index (χ3v) is 2.55. The van der Waals surface area contributed by atoms with Crippen molar-refractivity contribution in [3.8, 4) is 0 Å². The normalized spacial score (nSPS) is 18.0. The zero-order valence-corrected chi connectivity index (χ0v) is 9.19. The van der Waals surface area contributed by atoms with E-state index in [1.165, 1.54) is 12.8 Å². The second-order valence-corrected chi connectivity index (χ2v) is 3.83. The molecule has 0 aliphatic heterocycles. The van der Waals surface area contributed by atoms with Gasteiger partial charge in [0.1, 0.15) is 6.10 Å². The van der Waals surface area contributed by atoms with E-state index in [1.807, 2.05) is 6.92 Å². The zero-order valence-electron chi connectivity index (χ0n) is 9.19. The fourth-order valence-electron chi connectivity index (χ4n) is 1.44. The summed E-state index contributed by atoms with van der Waals surface area (Å²) in [5, 5.41) is 7.23. The number of hydrogen-bond donors (Lipinski definition) is 1. The van der Waals surface area contributed by atoms with Crippen LogP contribution in [0, 0.1) is 0 Å². The number of methoxy groups -OCH3 is 1. The topological polar surface area (TPSA) is 60.2 Å². The molecular weight excluding hydrogens is 194 g/mol. The van der Waals surface area contributed by atoms with E-state index < -0.39 is 0 Å². The summed E-state index contributed by atoms with van der Waals surface area (Å²) in [6, 6.07) is 0.657. The molecule has 1 unspecified atom stereocenters. The van der Waals surface area contributed by atoms with Crippen LogP contribution in [0.1, 0.15) is 44.0 Å². The number of nitrogens with zero attached hydrogens (tertiary/aromatic N) is 2. The van der Waals surface area contributed by atoms with Crippen LogP contribution < -0.4 is 5.32 Å². The summed E-state index contributed by atoms with van der Waals surface area (Å²) in [7, 11) is 1.66. The van der Waals surface area contributed by atoms with E-state index in [2.05, 4.69) is 15.5 Å². The molecule has 0 spiro atoms. The summed E-state index contributed by atoms with van der Waals surface area (Å²) < 4.78 is 10.4. The molecule has 0 saturated heterocycles. The molecule has 1 aromatic rings. The molecule has 1 fully saturated rings. The first-order chi connectivity index (χ1) is 7.33. The first-order valence-electron chi connectivity index (χ1n) is 5.42. The minimum atomic E-state index is -0.0524. The lowest BCUT2D eigenvalue weighted by Crippen LogP contribution is -2.15. The minimum absolute atomic E-state index is 0.0524. The molecule has 1 saturated carbocycles. The van der Waals surface area contributed by atoms with Gasteiger partial charge in [0, 0.05) is 13.2 Å². The van der Waals surface area contributed by atoms with E-state index in [4.69, 9.17) is 9.26 Å². The highest BCUT2D eigenvalue weighted by atomic mass is 16.5. The van der Waals surface area contributed by atoms with Crippen LogP contribution in [0.15, 0.2) is 4.52 Å². The molecule has 0 aromatic carbocycles. The van der Waals surface area contributed by atoms with E-state index in [1.54, 1.807) is 7.11 Å². The first kappa shape index (κ1) is 10.6. The summed E-state index contributed by atoms with van der Waals surface area (Å²) >= 11 is 0. The molecule has 1 aliphatic rings. The lowest BCUT2D eigenvalue weighted by molar-refractivity contribution is 0.0903. The van der Waals surface area contributed by atoms with Crippen molar-refractivity contribution < 1.29 is 9.26 Å². The van der Waals surface area contributed by atoms with Crippen LogP contribution >= 0.6 is 0 Å². The third-order valence-electron chi connectivity index (χ3n) is 2.55. The Balaban J connectivity index is 1.89. The van der Waals surface area contributed by atoms with Crippen LogP contribution in [0.4, 0.5) is 0 Å². The van der Waals surface area contributed by atoms with Gasteiger partial charge in [-0.15, -0.1) is 0 Å². The van der Waals surface area contributed by atoms with Crippen molar-refractivity contribution in [1.82, 2.24) is 15.5 Å². The number of ether oxygens (including phenoxy) is 1. The Labute approximate surface area is 89.2 Å². The molecule has 15 heavy (non-hydrogen) atoms. The van der Waals surface area contributed by atoms with E-state index in [0.29, 0.717) is 24.3 Å². The van der Waals surface area contributed by atoms with Crippen molar-refractivity contribution >= 4 is 0 Å². The molecule has 1 atom stereocenters. The number of rotatable bonds is 6. The van der Waals surface area contributed by atoms with Crippen molar-refractivity contribution in [2.45, 2.75) is 44.9 Å². The SMILES string of the molecule is CCC(OC)c1noc(CNC2CC2)n1. The molecule has 1 aliphatic carbocycles. The van der Waals surface area contributed by atoms with Crippen molar-refractivity contribution in [3.05, 3.63) is 11.7 Å². The summed E-state index contributed by atoms with van der Waals surface area (Å²) in [4.78, 5) is 4.29. The maximum Gasteiger partial charge on any atom is 0.240 e. The highest BCUT2D eigenvalue weighted by Crippen LogP contribution is 2.20. The van der Waals surface area contributed by atoms with Gasteiger partial charge in [0.05, 0.1) is 6.54 Å². The second-order valence-electron chi connectivity index (χ2n) is 3.83. The van der Waals surface area contributed by atoms with E-state index in [0.717, 1.165) is 6.42 Å². The fraction of sp³-hybridized carbons (Fsp3) is 0.800. The molecule has 2 rings (SSSR count). The summed E-state index contributed by atoms with van der Waals surface area (Å²) in [6.45, 7) is 2.70. The van der Waals surface area contributed by atoms with Gasteiger partial charge in [-0.3, -0.25) is 0 Å². The van der Waals surface area contributed by atoms with Gasteiger partial charge < -0.3 is 14.6 Å². The largest absolute Gasteiger partial charge is 0.373 e. The molecule has 1 aromatic heterocycles. The van der Waals surface area contributed by atoms with E-state index in [9.17, 15) is 0 Å². The summed E-state index contributed by atoms with van der Waals surface area (Å²) in [6.07, 6.45) is 3.32. The van der Waals surface area contributed by atoms with Crippen LogP contribution in [-0.4, -0.2) is 23.3 Å². The predicted octanol–water partition coefficient (Wildman–Crippen LogP) is 1.42. The summed E-state index contributed by atoms with van der Waals surface area (Å²) in [5.74, 6) is 1.29. The molecule has 5 heteroatoms. The molecule has 1 heterocycles. The Bertz CT molecular complexity index is 305. The standard InChI is InChI=1S/C10H17N3O2/c1-3-8(14-2)10-12-9(15-13-10)6-11-7-4-5-7/h7-8,11H,3-6H2,1-2H3. The van der Waals surface area contributed by atoms with Crippen LogP contribution in [0.2, 0.25) is 0 Å². The van der Waals surface area contributed by atoms with Crippen LogP contribution in [0.5, 0.6) is 0 Å². The molecule has 5 nitrogen and oxygen atoms in total. The van der Waals surface area contributed by atoms with Gasteiger partial charge >= 0.3 is 0 Å². The van der Waals surface area contributed by atoms with Crippen molar-refractivity contribution in [2.75, 3.05) is 7.11 Å². The molecule has 0 radical (unpaired) electrons. The second kappa shape index (κ2) is 4.72. The average Bonchev–Trinajstić information content (AvgIpc) is 2.97. The summed E-state index contributed by atoms with van der Waals surface area (Å²) in [5.41, 5.74) is 0. The quantitative estimate of drug-likeness (QED) is 0.771. The maximum atomic E-state index is 5.23. The number of aromatic nitrogens is 2.